The van der Waals surface area contributed by atoms with Crippen LogP contribution in [0.3, 0.4) is 0 Å². The fourth-order valence-corrected chi connectivity index (χ4v) is 1.71. The van der Waals surface area contributed by atoms with Crippen LogP contribution in [0.15, 0.2) is 22.9 Å². The number of furan rings is 1. The molecule has 0 aromatic carbocycles. The van der Waals surface area contributed by atoms with Crippen molar-refractivity contribution in [1.82, 2.24) is 15.6 Å². The first-order valence-corrected chi connectivity index (χ1v) is 4.79. The van der Waals surface area contributed by atoms with Crippen LogP contribution in [0.4, 0.5) is 9.18 Å². The highest BCUT2D eigenvalue weighted by Crippen LogP contribution is 2.26. The van der Waals surface area contributed by atoms with Gasteiger partial charge in [-0.05, 0) is 6.07 Å². The lowest BCUT2D eigenvalue weighted by Crippen LogP contribution is -2.22. The molecule has 0 saturated carbocycles. The standard InChI is InChI=1S/C10H6FN3O3/c11-5-3-12-2-4-1-6(17-8(4)5)7-9(15)14-10(16)13-7/h1-3,7H,(H2,13,14,15,16). The van der Waals surface area contributed by atoms with Gasteiger partial charge < -0.3 is 9.73 Å². The summed E-state index contributed by atoms with van der Waals surface area (Å²) in [5.74, 6) is -0.962. The molecule has 1 fully saturated rings. The van der Waals surface area contributed by atoms with E-state index in [-0.39, 0.29) is 11.3 Å². The Morgan fingerprint density at radius 3 is 2.82 bits per heavy atom. The number of urea groups is 1. The smallest absolute Gasteiger partial charge is 0.322 e. The molecule has 2 N–H and O–H groups in total. The van der Waals surface area contributed by atoms with Crippen LogP contribution >= 0.6 is 0 Å². The fourth-order valence-electron chi connectivity index (χ4n) is 1.71. The lowest BCUT2D eigenvalue weighted by Gasteiger charge is -2.01. The normalized spacial score (nSPS) is 19.5. The van der Waals surface area contributed by atoms with Crippen LogP contribution < -0.4 is 10.6 Å². The summed E-state index contributed by atoms with van der Waals surface area (Å²) in [6, 6.07) is -0.0466. The molecule has 6 nitrogen and oxygen atoms in total. The monoisotopic (exact) mass is 235 g/mol. The van der Waals surface area contributed by atoms with Crippen molar-refractivity contribution in [3.05, 3.63) is 30.0 Å². The summed E-state index contributed by atoms with van der Waals surface area (Å²) in [5.41, 5.74) is 0.0175. The number of carbonyl (C=O) groups excluding carboxylic acids is 2. The number of nitrogens with one attached hydrogen (secondary N) is 2. The number of hydrogen-bond acceptors (Lipinski definition) is 4. The molecule has 1 aliphatic heterocycles. The Morgan fingerprint density at radius 2 is 2.18 bits per heavy atom. The van der Waals surface area contributed by atoms with E-state index in [0.717, 1.165) is 6.20 Å². The largest absolute Gasteiger partial charge is 0.455 e. The predicted octanol–water partition coefficient (Wildman–Crippen LogP) is 0.847. The van der Waals surface area contributed by atoms with Gasteiger partial charge in [0.15, 0.2) is 17.4 Å². The van der Waals surface area contributed by atoms with E-state index < -0.39 is 23.8 Å². The third kappa shape index (κ3) is 1.43. The third-order valence-electron chi connectivity index (χ3n) is 2.46. The van der Waals surface area contributed by atoms with E-state index in [1.165, 1.54) is 12.3 Å². The van der Waals surface area contributed by atoms with Crippen LogP contribution in [0.25, 0.3) is 11.0 Å². The minimum Gasteiger partial charge on any atom is -0.455 e. The van der Waals surface area contributed by atoms with Crippen molar-refractivity contribution in [2.45, 2.75) is 6.04 Å². The molecule has 1 unspecified atom stereocenters. The lowest BCUT2D eigenvalue weighted by atomic mass is 10.2. The summed E-state index contributed by atoms with van der Waals surface area (Å²) < 4.78 is 18.5. The molecule has 7 heteroatoms. The van der Waals surface area contributed by atoms with Gasteiger partial charge in [0.2, 0.25) is 0 Å². The van der Waals surface area contributed by atoms with Gasteiger partial charge in [-0.1, -0.05) is 0 Å². The van der Waals surface area contributed by atoms with Gasteiger partial charge in [0.25, 0.3) is 5.91 Å². The van der Waals surface area contributed by atoms with Gasteiger partial charge in [-0.25, -0.2) is 9.18 Å². The highest BCUT2D eigenvalue weighted by molar-refractivity contribution is 6.04. The SMILES string of the molecule is O=C1NC(=O)C(c2cc3cncc(F)c3o2)N1. The molecule has 2 aromatic rings. The summed E-state index contributed by atoms with van der Waals surface area (Å²) in [7, 11) is 0. The van der Waals surface area contributed by atoms with Crippen LogP contribution in [-0.2, 0) is 4.79 Å². The topological polar surface area (TPSA) is 84.2 Å². The lowest BCUT2D eigenvalue weighted by molar-refractivity contribution is -0.120. The molecule has 3 rings (SSSR count). The van der Waals surface area contributed by atoms with E-state index in [2.05, 4.69) is 15.6 Å². The Labute approximate surface area is 93.8 Å². The first kappa shape index (κ1) is 9.76. The first-order valence-electron chi connectivity index (χ1n) is 4.79. The number of imide groups is 1. The third-order valence-corrected chi connectivity index (χ3v) is 2.46. The van der Waals surface area contributed by atoms with Crippen LogP contribution in [0.1, 0.15) is 11.8 Å². The second kappa shape index (κ2) is 3.27. The van der Waals surface area contributed by atoms with Gasteiger partial charge in [0.05, 0.1) is 6.20 Å². The molecule has 0 bridgehead atoms. The summed E-state index contributed by atoms with van der Waals surface area (Å²) in [5, 5.41) is 4.87. The number of pyridine rings is 1. The van der Waals surface area contributed by atoms with Gasteiger partial charge >= 0.3 is 6.03 Å². The molecule has 2 aromatic heterocycles. The van der Waals surface area contributed by atoms with Crippen molar-refractivity contribution in [1.29, 1.82) is 0 Å². The minimum absolute atomic E-state index is 0.0175. The molecule has 3 amide bonds. The Kier molecular flexibility index (Phi) is 1.88. The Morgan fingerprint density at radius 1 is 1.35 bits per heavy atom. The molecule has 1 saturated heterocycles. The van der Waals surface area contributed by atoms with E-state index in [0.29, 0.717) is 5.39 Å². The second-order valence-corrected chi connectivity index (χ2v) is 3.58. The zero-order valence-electron chi connectivity index (χ0n) is 8.36. The second-order valence-electron chi connectivity index (χ2n) is 3.58. The van der Waals surface area contributed by atoms with Crippen molar-refractivity contribution >= 4 is 22.9 Å². The maximum absolute atomic E-state index is 13.3. The minimum atomic E-state index is -0.922. The molecular weight excluding hydrogens is 229 g/mol. The van der Waals surface area contributed by atoms with Gasteiger partial charge in [0.1, 0.15) is 5.76 Å². The van der Waals surface area contributed by atoms with E-state index in [1.807, 2.05) is 0 Å². The molecule has 0 radical (unpaired) electrons. The Hall–Kier alpha value is -2.44. The Balaban J connectivity index is 2.10. The van der Waals surface area contributed by atoms with Crippen molar-refractivity contribution in [3.8, 4) is 0 Å². The highest BCUT2D eigenvalue weighted by atomic mass is 19.1. The van der Waals surface area contributed by atoms with E-state index >= 15 is 0 Å². The molecule has 1 atom stereocenters. The molecule has 86 valence electrons. The Bertz CT molecular complexity index is 637. The van der Waals surface area contributed by atoms with Crippen LogP contribution in [0, 0.1) is 5.82 Å². The highest BCUT2D eigenvalue weighted by Gasteiger charge is 2.33. The molecular formula is C10H6FN3O3. The zero-order valence-corrected chi connectivity index (χ0v) is 8.36. The fraction of sp³-hybridized carbons (Fsp3) is 0.100. The van der Waals surface area contributed by atoms with Crippen LogP contribution in [-0.4, -0.2) is 16.9 Å². The van der Waals surface area contributed by atoms with E-state index in [1.54, 1.807) is 0 Å². The maximum Gasteiger partial charge on any atom is 0.322 e. The van der Waals surface area contributed by atoms with E-state index in [4.69, 9.17) is 4.42 Å². The van der Waals surface area contributed by atoms with Crippen molar-refractivity contribution in [3.63, 3.8) is 0 Å². The van der Waals surface area contributed by atoms with E-state index in [9.17, 15) is 14.0 Å². The van der Waals surface area contributed by atoms with Gasteiger partial charge in [-0.3, -0.25) is 15.1 Å². The average Bonchev–Trinajstić information content (AvgIpc) is 2.82. The molecule has 17 heavy (non-hydrogen) atoms. The van der Waals surface area contributed by atoms with Crippen LogP contribution in [0.2, 0.25) is 0 Å². The molecule has 3 heterocycles. The van der Waals surface area contributed by atoms with Gasteiger partial charge in [-0.15, -0.1) is 0 Å². The molecule has 0 spiro atoms. The summed E-state index contributed by atoms with van der Waals surface area (Å²) >= 11 is 0. The number of amides is 3. The average molecular weight is 235 g/mol. The number of hydrogen-bond donors (Lipinski definition) is 2. The summed E-state index contributed by atoms with van der Waals surface area (Å²) in [6.45, 7) is 0. The quantitative estimate of drug-likeness (QED) is 0.717. The summed E-state index contributed by atoms with van der Waals surface area (Å²) in [6.07, 6.45) is 2.43. The molecule has 0 aliphatic carbocycles. The maximum atomic E-state index is 13.3. The number of rotatable bonds is 1. The van der Waals surface area contributed by atoms with Crippen LogP contribution in [0.5, 0.6) is 0 Å². The number of fused-ring (bicyclic) bond motifs is 1. The van der Waals surface area contributed by atoms with Crippen molar-refractivity contribution in [2.24, 2.45) is 0 Å². The number of aromatic nitrogens is 1. The number of carbonyl (C=O) groups is 2. The van der Waals surface area contributed by atoms with Gasteiger partial charge in [0, 0.05) is 11.6 Å². The summed E-state index contributed by atoms with van der Waals surface area (Å²) in [4.78, 5) is 26.0. The van der Waals surface area contributed by atoms with Crippen molar-refractivity contribution in [2.75, 3.05) is 0 Å². The predicted molar refractivity (Wildman–Crippen MR) is 53.4 cm³/mol. The number of nitrogens with zero attached hydrogens (tertiary/aromatic N) is 1. The van der Waals surface area contributed by atoms with Crippen molar-refractivity contribution < 1.29 is 18.4 Å². The zero-order chi connectivity index (χ0) is 12.0. The number of halogens is 1. The first-order chi connectivity index (χ1) is 8.15. The van der Waals surface area contributed by atoms with Gasteiger partial charge in [-0.2, -0.15) is 0 Å². The molecule has 1 aliphatic rings.